The number of benzene rings is 3. The standard InChI is InChI=1S/C29H27N3O/c1-2-7-22(8-3-1)21-31-17-14-25(15-18-31)32-26-10-4-5-11-28(26)33-29-19-23(12-13-27(29)32)24-9-6-16-30-20-24/h1-13,16,19-20,25H,14-15,17-18,21H2. The number of ether oxygens (including phenoxy) is 1. The molecule has 2 aliphatic rings. The summed E-state index contributed by atoms with van der Waals surface area (Å²) in [6.07, 6.45) is 5.97. The molecule has 1 fully saturated rings. The van der Waals surface area contributed by atoms with Gasteiger partial charge in [-0.15, -0.1) is 0 Å². The quantitative estimate of drug-likeness (QED) is 0.360. The molecule has 4 aromatic rings. The maximum Gasteiger partial charge on any atom is 0.151 e. The second-order valence-electron chi connectivity index (χ2n) is 8.86. The summed E-state index contributed by atoms with van der Waals surface area (Å²) in [4.78, 5) is 9.37. The van der Waals surface area contributed by atoms with Gasteiger partial charge in [-0.1, -0.05) is 54.6 Å². The zero-order chi connectivity index (χ0) is 22.0. The van der Waals surface area contributed by atoms with Crippen LogP contribution in [0, 0.1) is 0 Å². The van der Waals surface area contributed by atoms with Crippen LogP contribution in [0.5, 0.6) is 11.5 Å². The summed E-state index contributed by atoms with van der Waals surface area (Å²) >= 11 is 0. The summed E-state index contributed by atoms with van der Waals surface area (Å²) in [6, 6.07) is 30.3. The van der Waals surface area contributed by atoms with Crippen LogP contribution in [0.3, 0.4) is 0 Å². The first kappa shape index (κ1) is 20.0. The summed E-state index contributed by atoms with van der Waals surface area (Å²) in [6.45, 7) is 3.22. The van der Waals surface area contributed by atoms with E-state index in [0.717, 1.165) is 60.8 Å². The molecule has 0 N–H and O–H groups in total. The Bertz CT molecular complexity index is 1230. The van der Waals surface area contributed by atoms with Gasteiger partial charge in [0.15, 0.2) is 11.5 Å². The van der Waals surface area contributed by atoms with Crippen LogP contribution >= 0.6 is 0 Å². The van der Waals surface area contributed by atoms with E-state index in [0.29, 0.717) is 6.04 Å². The Labute approximate surface area is 195 Å². The molecular formula is C29H27N3O. The lowest BCUT2D eigenvalue weighted by Gasteiger charge is -2.42. The Morgan fingerprint density at radius 2 is 1.55 bits per heavy atom. The predicted octanol–water partition coefficient (Wildman–Crippen LogP) is 6.66. The number of hydrogen-bond donors (Lipinski definition) is 0. The van der Waals surface area contributed by atoms with Crippen molar-refractivity contribution in [2.24, 2.45) is 0 Å². The molecule has 33 heavy (non-hydrogen) atoms. The van der Waals surface area contributed by atoms with Crippen LogP contribution in [0.15, 0.2) is 97.3 Å². The minimum Gasteiger partial charge on any atom is -0.453 e. The van der Waals surface area contributed by atoms with Crippen LogP contribution in [-0.4, -0.2) is 29.0 Å². The normalized spacial score (nSPS) is 16.1. The number of aromatic nitrogens is 1. The van der Waals surface area contributed by atoms with Gasteiger partial charge in [0.1, 0.15) is 0 Å². The van der Waals surface area contributed by atoms with Crippen LogP contribution in [0.25, 0.3) is 11.1 Å². The van der Waals surface area contributed by atoms with E-state index in [1.807, 2.05) is 12.3 Å². The van der Waals surface area contributed by atoms with E-state index in [-0.39, 0.29) is 0 Å². The Morgan fingerprint density at radius 3 is 2.36 bits per heavy atom. The lowest BCUT2D eigenvalue weighted by atomic mass is 9.98. The molecule has 2 aliphatic heterocycles. The highest BCUT2D eigenvalue weighted by molar-refractivity contribution is 5.81. The zero-order valence-corrected chi connectivity index (χ0v) is 18.6. The molecule has 0 unspecified atom stereocenters. The van der Waals surface area contributed by atoms with Crippen molar-refractivity contribution < 1.29 is 4.74 Å². The van der Waals surface area contributed by atoms with Gasteiger partial charge in [-0.3, -0.25) is 9.88 Å². The second-order valence-corrected chi connectivity index (χ2v) is 8.86. The molecule has 0 saturated carbocycles. The molecule has 0 amide bonds. The first-order valence-corrected chi connectivity index (χ1v) is 11.7. The van der Waals surface area contributed by atoms with Crippen LogP contribution in [-0.2, 0) is 6.54 Å². The molecule has 0 radical (unpaired) electrons. The first-order valence-electron chi connectivity index (χ1n) is 11.7. The minimum atomic E-state index is 0.449. The van der Waals surface area contributed by atoms with Crippen LogP contribution in [0.2, 0.25) is 0 Å². The summed E-state index contributed by atoms with van der Waals surface area (Å²) in [5.41, 5.74) is 5.94. The average Bonchev–Trinajstić information content (AvgIpc) is 2.89. The third kappa shape index (κ3) is 3.98. The van der Waals surface area contributed by atoms with Crippen molar-refractivity contribution >= 4 is 11.4 Å². The summed E-state index contributed by atoms with van der Waals surface area (Å²) in [7, 11) is 0. The molecule has 0 aliphatic carbocycles. The molecule has 164 valence electrons. The molecule has 3 aromatic carbocycles. The SMILES string of the molecule is c1ccc(CN2CCC(N3c4ccccc4Oc4cc(-c5cccnc5)ccc43)CC2)cc1. The van der Waals surface area contributed by atoms with Gasteiger partial charge in [0.25, 0.3) is 0 Å². The molecule has 3 heterocycles. The zero-order valence-electron chi connectivity index (χ0n) is 18.6. The number of para-hydroxylation sites is 2. The molecule has 0 atom stereocenters. The Hall–Kier alpha value is -3.63. The number of nitrogens with zero attached hydrogens (tertiary/aromatic N) is 3. The van der Waals surface area contributed by atoms with Gasteiger partial charge >= 0.3 is 0 Å². The average molecular weight is 434 g/mol. The van der Waals surface area contributed by atoms with E-state index in [2.05, 4.69) is 93.6 Å². The number of fused-ring (bicyclic) bond motifs is 2. The largest absolute Gasteiger partial charge is 0.453 e. The fourth-order valence-corrected chi connectivity index (χ4v) is 5.07. The van der Waals surface area contributed by atoms with E-state index in [4.69, 9.17) is 4.74 Å². The highest BCUT2D eigenvalue weighted by Gasteiger charge is 2.32. The highest BCUT2D eigenvalue weighted by Crippen LogP contribution is 2.49. The van der Waals surface area contributed by atoms with Gasteiger partial charge in [-0.25, -0.2) is 0 Å². The van der Waals surface area contributed by atoms with Crippen molar-refractivity contribution in [2.45, 2.75) is 25.4 Å². The van der Waals surface area contributed by atoms with Gasteiger partial charge in [-0.2, -0.15) is 0 Å². The van der Waals surface area contributed by atoms with Gasteiger partial charge in [0, 0.05) is 43.6 Å². The van der Waals surface area contributed by atoms with E-state index in [1.165, 1.54) is 11.3 Å². The van der Waals surface area contributed by atoms with E-state index in [9.17, 15) is 0 Å². The molecule has 0 bridgehead atoms. The fourth-order valence-electron chi connectivity index (χ4n) is 5.07. The third-order valence-electron chi connectivity index (χ3n) is 6.73. The predicted molar refractivity (Wildman–Crippen MR) is 133 cm³/mol. The molecule has 1 saturated heterocycles. The van der Waals surface area contributed by atoms with E-state index < -0.39 is 0 Å². The molecular weight excluding hydrogens is 406 g/mol. The summed E-state index contributed by atoms with van der Waals surface area (Å²) in [5, 5.41) is 0. The Balaban J connectivity index is 1.28. The number of pyridine rings is 1. The number of anilines is 2. The first-order chi connectivity index (χ1) is 16.3. The molecule has 4 heteroatoms. The number of likely N-dealkylation sites (tertiary alicyclic amines) is 1. The van der Waals surface area contributed by atoms with Gasteiger partial charge in [0.05, 0.1) is 11.4 Å². The lowest BCUT2D eigenvalue weighted by Crippen LogP contribution is -2.43. The Kier molecular flexibility index (Phi) is 5.29. The van der Waals surface area contributed by atoms with Gasteiger partial charge in [0.2, 0.25) is 0 Å². The van der Waals surface area contributed by atoms with Crippen molar-refractivity contribution in [3.8, 4) is 22.6 Å². The highest BCUT2D eigenvalue weighted by atomic mass is 16.5. The monoisotopic (exact) mass is 433 g/mol. The summed E-state index contributed by atoms with van der Waals surface area (Å²) in [5.74, 6) is 1.85. The van der Waals surface area contributed by atoms with Crippen LogP contribution in [0.1, 0.15) is 18.4 Å². The maximum atomic E-state index is 6.39. The van der Waals surface area contributed by atoms with Crippen molar-refractivity contribution in [1.29, 1.82) is 0 Å². The van der Waals surface area contributed by atoms with Crippen molar-refractivity contribution in [1.82, 2.24) is 9.88 Å². The second kappa shape index (κ2) is 8.72. The number of piperidine rings is 1. The topological polar surface area (TPSA) is 28.6 Å². The number of rotatable bonds is 4. The number of hydrogen-bond acceptors (Lipinski definition) is 4. The fraction of sp³-hybridized carbons (Fsp3) is 0.207. The Morgan fingerprint density at radius 1 is 0.758 bits per heavy atom. The van der Waals surface area contributed by atoms with Gasteiger partial charge < -0.3 is 9.64 Å². The maximum absolute atomic E-state index is 6.39. The minimum absolute atomic E-state index is 0.449. The van der Waals surface area contributed by atoms with E-state index >= 15 is 0 Å². The van der Waals surface area contributed by atoms with Gasteiger partial charge in [-0.05, 0) is 54.3 Å². The van der Waals surface area contributed by atoms with Crippen LogP contribution in [0.4, 0.5) is 11.4 Å². The van der Waals surface area contributed by atoms with E-state index in [1.54, 1.807) is 6.20 Å². The van der Waals surface area contributed by atoms with Crippen molar-refractivity contribution in [3.05, 3.63) is 103 Å². The van der Waals surface area contributed by atoms with Crippen molar-refractivity contribution in [3.63, 3.8) is 0 Å². The molecule has 4 nitrogen and oxygen atoms in total. The third-order valence-corrected chi connectivity index (χ3v) is 6.73. The molecule has 1 aromatic heterocycles. The van der Waals surface area contributed by atoms with Crippen molar-refractivity contribution in [2.75, 3.05) is 18.0 Å². The summed E-state index contributed by atoms with van der Waals surface area (Å²) < 4.78 is 6.39. The smallest absolute Gasteiger partial charge is 0.151 e. The molecule has 0 spiro atoms. The lowest BCUT2D eigenvalue weighted by molar-refractivity contribution is 0.204. The van der Waals surface area contributed by atoms with Crippen LogP contribution < -0.4 is 9.64 Å². The molecule has 6 rings (SSSR count).